The van der Waals surface area contributed by atoms with E-state index < -0.39 is 5.91 Å². The SMILES string of the molecule is COc1ccc(Nc2nccc(C(=O)Nc3ccccc3C#N)n2)cc1Cl. The van der Waals surface area contributed by atoms with Gasteiger partial charge in [-0.2, -0.15) is 5.26 Å². The third kappa shape index (κ3) is 4.32. The molecule has 0 unspecified atom stereocenters. The smallest absolute Gasteiger partial charge is 0.274 e. The van der Waals surface area contributed by atoms with Crippen LogP contribution in [0.1, 0.15) is 16.1 Å². The van der Waals surface area contributed by atoms with Gasteiger partial charge in [0.25, 0.3) is 5.91 Å². The number of amides is 1. The Labute approximate surface area is 160 Å². The van der Waals surface area contributed by atoms with Crippen LogP contribution in [0.4, 0.5) is 17.3 Å². The van der Waals surface area contributed by atoms with E-state index >= 15 is 0 Å². The van der Waals surface area contributed by atoms with Crippen molar-refractivity contribution < 1.29 is 9.53 Å². The summed E-state index contributed by atoms with van der Waals surface area (Å²) in [5, 5.41) is 15.2. The minimum absolute atomic E-state index is 0.153. The average molecular weight is 380 g/mol. The number of rotatable bonds is 5. The molecule has 0 saturated carbocycles. The minimum atomic E-state index is -0.448. The van der Waals surface area contributed by atoms with Crippen molar-refractivity contribution in [2.45, 2.75) is 0 Å². The predicted octanol–water partition coefficient (Wildman–Crippen LogP) is 4.01. The maximum absolute atomic E-state index is 12.4. The van der Waals surface area contributed by atoms with Gasteiger partial charge in [0.05, 0.1) is 23.4 Å². The van der Waals surface area contributed by atoms with Crippen LogP contribution in [0, 0.1) is 11.3 Å². The molecule has 1 aromatic heterocycles. The number of nitriles is 1. The molecule has 7 nitrogen and oxygen atoms in total. The number of hydrogen-bond donors (Lipinski definition) is 2. The fraction of sp³-hybridized carbons (Fsp3) is 0.0526. The molecule has 0 radical (unpaired) electrons. The number of para-hydroxylation sites is 1. The maximum atomic E-state index is 12.4. The standard InChI is InChI=1S/C19H14ClN5O2/c1-27-17-7-6-13(10-14(17)20)23-19-22-9-8-16(25-19)18(26)24-15-5-3-2-4-12(15)11-21/h2-10H,1H3,(H,24,26)(H,22,23,25). The highest BCUT2D eigenvalue weighted by atomic mass is 35.5. The first-order valence-electron chi connectivity index (χ1n) is 7.85. The Bertz CT molecular complexity index is 1030. The number of carbonyl (C=O) groups is 1. The lowest BCUT2D eigenvalue weighted by molar-refractivity contribution is 0.102. The summed E-state index contributed by atoms with van der Waals surface area (Å²) in [5.41, 5.74) is 1.58. The second-order valence-electron chi connectivity index (χ2n) is 5.35. The van der Waals surface area contributed by atoms with E-state index in [4.69, 9.17) is 21.6 Å². The van der Waals surface area contributed by atoms with Gasteiger partial charge in [-0.05, 0) is 36.4 Å². The molecule has 27 heavy (non-hydrogen) atoms. The molecule has 134 valence electrons. The minimum Gasteiger partial charge on any atom is -0.495 e. The highest BCUT2D eigenvalue weighted by Crippen LogP contribution is 2.28. The molecule has 0 atom stereocenters. The molecule has 0 spiro atoms. The Morgan fingerprint density at radius 2 is 2.04 bits per heavy atom. The van der Waals surface area contributed by atoms with Gasteiger partial charge in [-0.15, -0.1) is 0 Å². The summed E-state index contributed by atoms with van der Waals surface area (Å²) < 4.78 is 5.11. The summed E-state index contributed by atoms with van der Waals surface area (Å²) in [6.45, 7) is 0. The van der Waals surface area contributed by atoms with Crippen LogP contribution >= 0.6 is 11.6 Å². The lowest BCUT2D eigenvalue weighted by Gasteiger charge is -2.09. The molecule has 2 N–H and O–H groups in total. The number of ether oxygens (including phenoxy) is 1. The molecular formula is C19H14ClN5O2. The van der Waals surface area contributed by atoms with Crippen LogP contribution in [0.5, 0.6) is 5.75 Å². The van der Waals surface area contributed by atoms with Crippen LogP contribution in [0.2, 0.25) is 5.02 Å². The van der Waals surface area contributed by atoms with Gasteiger partial charge in [-0.25, -0.2) is 9.97 Å². The van der Waals surface area contributed by atoms with Crippen molar-refractivity contribution in [3.63, 3.8) is 0 Å². The van der Waals surface area contributed by atoms with Crippen molar-refractivity contribution in [3.05, 3.63) is 71.0 Å². The van der Waals surface area contributed by atoms with E-state index in [1.165, 1.54) is 19.4 Å². The molecule has 2 aromatic carbocycles. The first kappa shape index (κ1) is 18.2. The van der Waals surface area contributed by atoms with Gasteiger partial charge in [0, 0.05) is 11.9 Å². The first-order valence-corrected chi connectivity index (χ1v) is 8.22. The van der Waals surface area contributed by atoms with Crippen molar-refractivity contribution in [3.8, 4) is 11.8 Å². The van der Waals surface area contributed by atoms with E-state index in [1.807, 2.05) is 6.07 Å². The molecule has 0 aliphatic heterocycles. The number of methoxy groups -OCH3 is 1. The van der Waals surface area contributed by atoms with E-state index in [2.05, 4.69) is 20.6 Å². The van der Waals surface area contributed by atoms with Crippen LogP contribution < -0.4 is 15.4 Å². The molecule has 0 bridgehead atoms. The second kappa shape index (κ2) is 8.17. The number of nitrogens with one attached hydrogen (secondary N) is 2. The first-order chi connectivity index (χ1) is 13.1. The van der Waals surface area contributed by atoms with Gasteiger partial charge >= 0.3 is 0 Å². The molecule has 1 heterocycles. The van der Waals surface area contributed by atoms with E-state index in [0.29, 0.717) is 27.7 Å². The summed E-state index contributed by atoms with van der Waals surface area (Å²) in [5.74, 6) is 0.334. The normalized spacial score (nSPS) is 9.96. The number of nitrogens with zero attached hydrogens (tertiary/aromatic N) is 3. The molecular weight excluding hydrogens is 366 g/mol. The van der Waals surface area contributed by atoms with Crippen molar-refractivity contribution >= 4 is 34.8 Å². The third-order valence-electron chi connectivity index (χ3n) is 3.59. The lowest BCUT2D eigenvalue weighted by atomic mass is 10.2. The Balaban J connectivity index is 1.78. The van der Waals surface area contributed by atoms with Crippen LogP contribution in [0.25, 0.3) is 0 Å². The number of anilines is 3. The predicted molar refractivity (Wildman–Crippen MR) is 102 cm³/mol. The molecule has 8 heteroatoms. The maximum Gasteiger partial charge on any atom is 0.274 e. The molecule has 1 amide bonds. The zero-order chi connectivity index (χ0) is 19.2. The Morgan fingerprint density at radius 3 is 2.78 bits per heavy atom. The number of hydrogen-bond acceptors (Lipinski definition) is 6. The molecule has 0 fully saturated rings. The van der Waals surface area contributed by atoms with E-state index in [0.717, 1.165) is 0 Å². The molecule has 3 rings (SSSR count). The summed E-state index contributed by atoms with van der Waals surface area (Å²) in [7, 11) is 1.53. The fourth-order valence-corrected chi connectivity index (χ4v) is 2.55. The monoisotopic (exact) mass is 379 g/mol. The fourth-order valence-electron chi connectivity index (χ4n) is 2.29. The van der Waals surface area contributed by atoms with E-state index in [1.54, 1.807) is 42.5 Å². The van der Waals surface area contributed by atoms with E-state index in [9.17, 15) is 4.79 Å². The zero-order valence-electron chi connectivity index (χ0n) is 14.2. The van der Waals surface area contributed by atoms with Crippen molar-refractivity contribution in [1.82, 2.24) is 9.97 Å². The number of aromatic nitrogens is 2. The summed E-state index contributed by atoms with van der Waals surface area (Å²) in [4.78, 5) is 20.7. The summed E-state index contributed by atoms with van der Waals surface area (Å²) in [6.07, 6.45) is 1.46. The zero-order valence-corrected chi connectivity index (χ0v) is 15.0. The second-order valence-corrected chi connectivity index (χ2v) is 5.76. The summed E-state index contributed by atoms with van der Waals surface area (Å²) >= 11 is 6.10. The molecule has 3 aromatic rings. The van der Waals surface area contributed by atoms with Gasteiger partial charge in [-0.1, -0.05) is 23.7 Å². The number of halogens is 1. The van der Waals surface area contributed by atoms with Gasteiger partial charge in [0.2, 0.25) is 5.95 Å². The molecule has 0 aliphatic rings. The summed E-state index contributed by atoms with van der Waals surface area (Å²) in [6, 6.07) is 15.4. The number of benzene rings is 2. The van der Waals surface area contributed by atoms with Crippen LogP contribution in [0.15, 0.2) is 54.7 Å². The lowest BCUT2D eigenvalue weighted by Crippen LogP contribution is -2.15. The van der Waals surface area contributed by atoms with Gasteiger partial charge in [-0.3, -0.25) is 4.79 Å². The van der Waals surface area contributed by atoms with Crippen molar-refractivity contribution in [2.75, 3.05) is 17.7 Å². The number of carbonyl (C=O) groups excluding carboxylic acids is 1. The topological polar surface area (TPSA) is 99.9 Å². The van der Waals surface area contributed by atoms with Crippen molar-refractivity contribution in [2.24, 2.45) is 0 Å². The molecule has 0 saturated heterocycles. The van der Waals surface area contributed by atoms with Gasteiger partial charge < -0.3 is 15.4 Å². The quantitative estimate of drug-likeness (QED) is 0.694. The van der Waals surface area contributed by atoms with Crippen LogP contribution in [-0.4, -0.2) is 23.0 Å². The van der Waals surface area contributed by atoms with Gasteiger partial charge in [0.1, 0.15) is 17.5 Å². The van der Waals surface area contributed by atoms with E-state index in [-0.39, 0.29) is 11.6 Å². The van der Waals surface area contributed by atoms with Crippen molar-refractivity contribution in [1.29, 1.82) is 5.26 Å². The molecule has 0 aliphatic carbocycles. The largest absolute Gasteiger partial charge is 0.495 e. The van der Waals surface area contributed by atoms with Crippen LogP contribution in [0.3, 0.4) is 0 Å². The Hall–Kier alpha value is -3.63. The highest BCUT2D eigenvalue weighted by Gasteiger charge is 2.12. The highest BCUT2D eigenvalue weighted by molar-refractivity contribution is 6.32. The Morgan fingerprint density at radius 1 is 1.22 bits per heavy atom. The van der Waals surface area contributed by atoms with Crippen LogP contribution in [-0.2, 0) is 0 Å². The van der Waals surface area contributed by atoms with Gasteiger partial charge in [0.15, 0.2) is 0 Å². The third-order valence-corrected chi connectivity index (χ3v) is 3.89. The Kier molecular flexibility index (Phi) is 5.50. The average Bonchev–Trinajstić information content (AvgIpc) is 2.69.